The number of fused-ring (bicyclic) bond motifs is 1. The molecule has 0 fully saturated rings. The van der Waals surface area contributed by atoms with Crippen LogP contribution < -0.4 is 19.7 Å². The van der Waals surface area contributed by atoms with Gasteiger partial charge in [-0.1, -0.05) is 31.2 Å². The average Bonchev–Trinajstić information content (AvgIpc) is 3.12. The van der Waals surface area contributed by atoms with Crippen molar-refractivity contribution in [2.45, 2.75) is 39.3 Å². The molecule has 0 aliphatic carbocycles. The van der Waals surface area contributed by atoms with E-state index in [9.17, 15) is 9.59 Å². The van der Waals surface area contributed by atoms with Crippen molar-refractivity contribution in [2.24, 2.45) is 0 Å². The smallest absolute Gasteiger partial charge is 0.243 e. The lowest BCUT2D eigenvalue weighted by atomic mass is 10.1. The number of carbonyl (C=O) groups is 2. The van der Waals surface area contributed by atoms with Crippen molar-refractivity contribution < 1.29 is 19.1 Å². The fraction of sp³-hybridized carbons (Fsp3) is 0.364. The number of methoxy groups -OCH3 is 1. The summed E-state index contributed by atoms with van der Waals surface area (Å²) in [6.07, 6.45) is 0.883. The van der Waals surface area contributed by atoms with Gasteiger partial charge in [-0.25, -0.2) is 0 Å². The minimum atomic E-state index is -0.519. The third-order valence-electron chi connectivity index (χ3n) is 4.84. The predicted molar refractivity (Wildman–Crippen MR) is 108 cm³/mol. The standard InChI is InChI=1S/C22H26N2O4/c1-4-21(25)24-17-9-7-6-8-16(17)13-18(24)22(26)23-14-15-10-11-19(28-5-2)20(12-15)27-3/h6-12,18H,4-5,13-14H2,1-3H3,(H,23,26). The third-order valence-corrected chi connectivity index (χ3v) is 4.84. The van der Waals surface area contributed by atoms with Crippen LogP contribution in [0.1, 0.15) is 31.4 Å². The van der Waals surface area contributed by atoms with Crippen LogP contribution in [0.5, 0.6) is 11.5 Å². The van der Waals surface area contributed by atoms with E-state index >= 15 is 0 Å². The molecular formula is C22H26N2O4. The Labute approximate surface area is 165 Å². The van der Waals surface area contributed by atoms with Gasteiger partial charge in [0.2, 0.25) is 11.8 Å². The van der Waals surface area contributed by atoms with Gasteiger partial charge < -0.3 is 14.8 Å². The van der Waals surface area contributed by atoms with E-state index in [0.29, 0.717) is 37.5 Å². The van der Waals surface area contributed by atoms with Gasteiger partial charge in [-0.3, -0.25) is 14.5 Å². The van der Waals surface area contributed by atoms with E-state index < -0.39 is 6.04 Å². The highest BCUT2D eigenvalue weighted by atomic mass is 16.5. The Kier molecular flexibility index (Phi) is 6.19. The van der Waals surface area contributed by atoms with Crippen molar-refractivity contribution in [2.75, 3.05) is 18.6 Å². The Bertz CT molecular complexity index is 865. The molecule has 3 rings (SSSR count). The zero-order chi connectivity index (χ0) is 20.1. The first-order chi connectivity index (χ1) is 13.6. The lowest BCUT2D eigenvalue weighted by molar-refractivity contribution is -0.126. The van der Waals surface area contributed by atoms with Crippen LogP contribution in [-0.2, 0) is 22.6 Å². The first kappa shape index (κ1) is 19.7. The van der Waals surface area contributed by atoms with E-state index in [1.54, 1.807) is 12.0 Å². The quantitative estimate of drug-likeness (QED) is 0.799. The van der Waals surface area contributed by atoms with Gasteiger partial charge in [0, 0.05) is 25.1 Å². The molecule has 1 aliphatic rings. The number of hydrogen-bond acceptors (Lipinski definition) is 4. The summed E-state index contributed by atoms with van der Waals surface area (Å²) in [5.74, 6) is 1.09. The van der Waals surface area contributed by atoms with Gasteiger partial charge in [0.1, 0.15) is 6.04 Å². The Balaban J connectivity index is 1.72. The second-order valence-electron chi connectivity index (χ2n) is 6.60. The molecule has 2 aromatic carbocycles. The molecule has 1 unspecified atom stereocenters. The molecule has 1 N–H and O–H groups in total. The number of benzene rings is 2. The number of nitrogens with zero attached hydrogens (tertiary/aromatic N) is 1. The molecule has 1 heterocycles. The van der Waals surface area contributed by atoms with Crippen molar-refractivity contribution in [1.82, 2.24) is 5.32 Å². The zero-order valence-corrected chi connectivity index (χ0v) is 16.5. The lowest BCUT2D eigenvalue weighted by Gasteiger charge is -2.24. The monoisotopic (exact) mass is 382 g/mol. The van der Waals surface area contributed by atoms with Crippen LogP contribution in [0.15, 0.2) is 42.5 Å². The molecule has 1 aliphatic heterocycles. The lowest BCUT2D eigenvalue weighted by Crippen LogP contribution is -2.47. The summed E-state index contributed by atoms with van der Waals surface area (Å²) >= 11 is 0. The molecule has 0 aromatic heterocycles. The zero-order valence-electron chi connectivity index (χ0n) is 16.5. The highest BCUT2D eigenvalue weighted by Gasteiger charge is 2.37. The molecule has 1 atom stereocenters. The van der Waals surface area contributed by atoms with Crippen molar-refractivity contribution in [3.05, 3.63) is 53.6 Å². The molecule has 28 heavy (non-hydrogen) atoms. The highest BCUT2D eigenvalue weighted by Crippen LogP contribution is 2.33. The van der Waals surface area contributed by atoms with Crippen molar-refractivity contribution in [3.63, 3.8) is 0 Å². The van der Waals surface area contributed by atoms with Crippen LogP contribution in [0.25, 0.3) is 0 Å². The molecule has 2 amide bonds. The average molecular weight is 382 g/mol. The fourth-order valence-electron chi connectivity index (χ4n) is 3.48. The Morgan fingerprint density at radius 2 is 1.93 bits per heavy atom. The normalized spacial score (nSPS) is 15.1. The summed E-state index contributed by atoms with van der Waals surface area (Å²) in [5, 5.41) is 2.96. The molecule has 0 saturated carbocycles. The molecule has 0 spiro atoms. The fourth-order valence-corrected chi connectivity index (χ4v) is 3.48. The van der Waals surface area contributed by atoms with E-state index in [4.69, 9.17) is 9.47 Å². The predicted octanol–water partition coefficient (Wildman–Crippen LogP) is 3.08. The number of hydrogen-bond donors (Lipinski definition) is 1. The molecule has 0 bridgehead atoms. The van der Waals surface area contributed by atoms with Crippen LogP contribution in [0.4, 0.5) is 5.69 Å². The Hall–Kier alpha value is -3.02. The SMILES string of the molecule is CCOc1ccc(CNC(=O)C2Cc3ccccc3N2C(=O)CC)cc1OC. The molecule has 2 aromatic rings. The molecule has 6 nitrogen and oxygen atoms in total. The third kappa shape index (κ3) is 3.96. The first-order valence-electron chi connectivity index (χ1n) is 9.56. The Morgan fingerprint density at radius 1 is 1.14 bits per heavy atom. The van der Waals surface area contributed by atoms with Crippen molar-refractivity contribution in [1.29, 1.82) is 0 Å². The number of amides is 2. The van der Waals surface area contributed by atoms with Crippen molar-refractivity contribution >= 4 is 17.5 Å². The summed E-state index contributed by atoms with van der Waals surface area (Å²) in [5.41, 5.74) is 2.75. The number of nitrogens with one attached hydrogen (secondary N) is 1. The summed E-state index contributed by atoms with van der Waals surface area (Å²) in [4.78, 5) is 27.0. The van der Waals surface area contributed by atoms with Gasteiger partial charge in [-0.2, -0.15) is 0 Å². The minimum Gasteiger partial charge on any atom is -0.493 e. The highest BCUT2D eigenvalue weighted by molar-refractivity contribution is 6.03. The summed E-state index contributed by atoms with van der Waals surface area (Å²) in [6.45, 7) is 4.62. The van der Waals surface area contributed by atoms with Crippen molar-refractivity contribution in [3.8, 4) is 11.5 Å². The summed E-state index contributed by atoms with van der Waals surface area (Å²) < 4.78 is 10.9. The second kappa shape index (κ2) is 8.78. The maximum absolute atomic E-state index is 12.9. The first-order valence-corrected chi connectivity index (χ1v) is 9.56. The summed E-state index contributed by atoms with van der Waals surface area (Å²) in [6, 6.07) is 12.7. The number of anilines is 1. The van der Waals surface area contributed by atoms with Gasteiger partial charge in [-0.05, 0) is 36.2 Å². The second-order valence-corrected chi connectivity index (χ2v) is 6.60. The van der Waals surface area contributed by atoms with Crippen LogP contribution in [0, 0.1) is 0 Å². The molecule has 0 radical (unpaired) electrons. The van der Waals surface area contributed by atoms with Gasteiger partial charge in [-0.15, -0.1) is 0 Å². The number of rotatable bonds is 7. The largest absolute Gasteiger partial charge is 0.493 e. The van der Waals surface area contributed by atoms with Crippen LogP contribution in [0.3, 0.4) is 0 Å². The number of ether oxygens (including phenoxy) is 2. The molecular weight excluding hydrogens is 356 g/mol. The Morgan fingerprint density at radius 3 is 2.64 bits per heavy atom. The van der Waals surface area contributed by atoms with Gasteiger partial charge in [0.05, 0.1) is 13.7 Å². The molecule has 0 saturated heterocycles. The number of carbonyl (C=O) groups excluding carboxylic acids is 2. The summed E-state index contributed by atoms with van der Waals surface area (Å²) in [7, 11) is 1.59. The van der Waals surface area contributed by atoms with Gasteiger partial charge in [0.25, 0.3) is 0 Å². The van der Waals surface area contributed by atoms with Gasteiger partial charge in [0.15, 0.2) is 11.5 Å². The maximum atomic E-state index is 12.9. The maximum Gasteiger partial charge on any atom is 0.243 e. The topological polar surface area (TPSA) is 67.9 Å². The number of para-hydroxylation sites is 1. The van der Waals surface area contributed by atoms with E-state index in [1.165, 1.54) is 0 Å². The van der Waals surface area contributed by atoms with E-state index in [-0.39, 0.29) is 11.8 Å². The minimum absolute atomic E-state index is 0.0483. The molecule has 6 heteroatoms. The molecule has 148 valence electrons. The van der Waals surface area contributed by atoms with E-state index in [0.717, 1.165) is 16.8 Å². The van der Waals surface area contributed by atoms with E-state index in [1.807, 2.05) is 56.3 Å². The van der Waals surface area contributed by atoms with Crippen LogP contribution in [0.2, 0.25) is 0 Å². The van der Waals surface area contributed by atoms with Crippen LogP contribution in [-0.4, -0.2) is 31.6 Å². The van der Waals surface area contributed by atoms with Gasteiger partial charge >= 0.3 is 0 Å². The van der Waals surface area contributed by atoms with Crippen LogP contribution >= 0.6 is 0 Å². The van der Waals surface area contributed by atoms with E-state index in [2.05, 4.69) is 5.32 Å².